The number of carbonyl (C=O) groups is 2. The van der Waals surface area contributed by atoms with Gasteiger partial charge in [-0.3, -0.25) is 0 Å². The zero-order valence-electron chi connectivity index (χ0n) is 5.83. The number of ether oxygens (including phenoxy) is 1. The second kappa shape index (κ2) is 5.11. The van der Waals surface area contributed by atoms with Crippen LogP contribution in [0.4, 0.5) is 0 Å². The Morgan fingerprint density at radius 3 is 2.55 bits per heavy atom. The van der Waals surface area contributed by atoms with E-state index in [9.17, 15) is 9.59 Å². The van der Waals surface area contributed by atoms with Crippen molar-refractivity contribution in [3.05, 3.63) is 9.66 Å². The highest BCUT2D eigenvalue weighted by atomic mass is 127. The number of aliphatic carboxylic acids is 1. The minimum atomic E-state index is -1.15. The molecule has 0 fully saturated rings. The molecule has 0 aromatic rings. The summed E-state index contributed by atoms with van der Waals surface area (Å²) in [5, 5.41) is 8.21. The summed E-state index contributed by atoms with van der Waals surface area (Å²) >= 11 is 1.61. The van der Waals surface area contributed by atoms with E-state index in [2.05, 4.69) is 4.74 Å². The van der Waals surface area contributed by atoms with E-state index in [1.807, 2.05) is 0 Å². The second-order valence-corrected chi connectivity index (χ2v) is 2.71. The van der Waals surface area contributed by atoms with Crippen molar-refractivity contribution in [1.29, 1.82) is 0 Å². The van der Waals surface area contributed by atoms with Gasteiger partial charge in [0.2, 0.25) is 0 Å². The third-order valence-corrected chi connectivity index (χ3v) is 1.47. The summed E-state index contributed by atoms with van der Waals surface area (Å²) in [4.78, 5) is 20.7. The molecule has 0 amide bonds. The largest absolute Gasteiger partial charge is 0.478 e. The summed E-state index contributed by atoms with van der Waals surface area (Å²) in [6.45, 7) is 1.90. The fourth-order valence-corrected chi connectivity index (χ4v) is 0.789. The van der Waals surface area contributed by atoms with Gasteiger partial charge < -0.3 is 9.84 Å². The quantitative estimate of drug-likeness (QED) is 0.471. The lowest BCUT2D eigenvalue weighted by molar-refractivity contribution is -0.138. The van der Waals surface area contributed by atoms with Gasteiger partial charge in [0.1, 0.15) is 3.58 Å². The molecule has 0 saturated carbocycles. The molecule has 62 valence electrons. The molecule has 0 aliphatic rings. The summed E-state index contributed by atoms with van der Waals surface area (Å²) < 4.78 is 4.59. The van der Waals surface area contributed by atoms with Crippen molar-refractivity contribution in [2.24, 2.45) is 0 Å². The summed E-state index contributed by atoms with van der Waals surface area (Å²) in [6.07, 6.45) is 0.804. The third-order valence-electron chi connectivity index (χ3n) is 0.721. The van der Waals surface area contributed by atoms with E-state index in [4.69, 9.17) is 5.11 Å². The van der Waals surface area contributed by atoms with Gasteiger partial charge in [0.05, 0.1) is 6.61 Å². The first-order valence-corrected chi connectivity index (χ1v) is 3.93. The molecule has 5 heteroatoms. The Morgan fingerprint density at radius 2 is 2.18 bits per heavy atom. The van der Waals surface area contributed by atoms with Gasteiger partial charge in [-0.25, -0.2) is 9.59 Å². The normalized spacial score (nSPS) is 10.9. The fourth-order valence-electron chi connectivity index (χ4n) is 0.367. The lowest BCUT2D eigenvalue weighted by atomic mass is 10.5. The molecule has 0 aromatic carbocycles. The number of halogens is 1. The van der Waals surface area contributed by atoms with Gasteiger partial charge in [0, 0.05) is 6.08 Å². The van der Waals surface area contributed by atoms with E-state index in [0.29, 0.717) is 0 Å². The van der Waals surface area contributed by atoms with Crippen molar-refractivity contribution in [3.8, 4) is 0 Å². The van der Waals surface area contributed by atoms with E-state index < -0.39 is 11.9 Å². The monoisotopic (exact) mass is 270 g/mol. The van der Waals surface area contributed by atoms with Crippen molar-refractivity contribution in [1.82, 2.24) is 0 Å². The molecule has 0 atom stereocenters. The van der Waals surface area contributed by atoms with E-state index in [1.165, 1.54) is 0 Å². The molecular weight excluding hydrogens is 263 g/mol. The number of rotatable bonds is 3. The molecule has 4 nitrogen and oxygen atoms in total. The highest BCUT2D eigenvalue weighted by Gasteiger charge is 2.07. The summed E-state index contributed by atoms with van der Waals surface area (Å²) in [7, 11) is 0. The molecule has 0 heterocycles. The van der Waals surface area contributed by atoms with Crippen molar-refractivity contribution < 1.29 is 19.4 Å². The molecule has 0 aliphatic heterocycles. The first kappa shape index (κ1) is 10.4. The number of carbonyl (C=O) groups excluding carboxylic acids is 1. The van der Waals surface area contributed by atoms with Crippen LogP contribution in [0.2, 0.25) is 0 Å². The Kier molecular flexibility index (Phi) is 4.84. The van der Waals surface area contributed by atoms with E-state index in [-0.39, 0.29) is 10.2 Å². The lowest BCUT2D eigenvalue weighted by Crippen LogP contribution is -2.04. The Hall–Kier alpha value is -0.590. The number of carboxylic acid groups (broad SMARTS) is 1. The van der Waals surface area contributed by atoms with Crippen molar-refractivity contribution in [2.45, 2.75) is 6.92 Å². The van der Waals surface area contributed by atoms with Crippen LogP contribution in [0.15, 0.2) is 9.66 Å². The molecule has 0 aliphatic carbocycles. The van der Waals surface area contributed by atoms with Gasteiger partial charge in [0.15, 0.2) is 0 Å². The van der Waals surface area contributed by atoms with Crippen LogP contribution in [0.25, 0.3) is 0 Å². The van der Waals surface area contributed by atoms with E-state index >= 15 is 0 Å². The SMILES string of the molecule is CCOC(=O)/C(I)=C\C(=O)O. The smallest absolute Gasteiger partial charge is 0.344 e. The van der Waals surface area contributed by atoms with Gasteiger partial charge in [-0.1, -0.05) is 0 Å². The van der Waals surface area contributed by atoms with Gasteiger partial charge in [-0.15, -0.1) is 0 Å². The number of esters is 1. The van der Waals surface area contributed by atoms with Crippen LogP contribution in [-0.4, -0.2) is 23.7 Å². The molecule has 0 rings (SSSR count). The molecule has 0 spiro atoms. The molecule has 0 bridgehead atoms. The maximum absolute atomic E-state index is 10.7. The average molecular weight is 270 g/mol. The predicted molar refractivity (Wildman–Crippen MR) is 46.4 cm³/mol. The number of hydrogen-bond acceptors (Lipinski definition) is 3. The fraction of sp³-hybridized carbons (Fsp3) is 0.333. The van der Waals surface area contributed by atoms with E-state index in [0.717, 1.165) is 6.08 Å². The minimum Gasteiger partial charge on any atom is -0.478 e. The summed E-state index contributed by atoms with van der Waals surface area (Å²) in [5.74, 6) is -1.75. The van der Waals surface area contributed by atoms with Crippen LogP contribution < -0.4 is 0 Å². The topological polar surface area (TPSA) is 63.6 Å². The van der Waals surface area contributed by atoms with Crippen molar-refractivity contribution in [2.75, 3.05) is 6.61 Å². The molecule has 11 heavy (non-hydrogen) atoms. The van der Waals surface area contributed by atoms with Gasteiger partial charge in [0.25, 0.3) is 0 Å². The summed E-state index contributed by atoms with van der Waals surface area (Å²) in [5.41, 5.74) is 0. The van der Waals surface area contributed by atoms with Gasteiger partial charge >= 0.3 is 11.9 Å². The molecular formula is C6H7IO4. The van der Waals surface area contributed by atoms with Crippen molar-refractivity contribution >= 4 is 34.5 Å². The number of carboxylic acids is 1. The first-order valence-electron chi connectivity index (χ1n) is 2.85. The molecule has 1 N–H and O–H groups in total. The second-order valence-electron chi connectivity index (χ2n) is 1.55. The molecule has 0 unspecified atom stereocenters. The summed E-state index contributed by atoms with van der Waals surface area (Å²) in [6, 6.07) is 0. The van der Waals surface area contributed by atoms with Crippen LogP contribution in [-0.2, 0) is 14.3 Å². The Labute approximate surface area is 77.4 Å². The predicted octanol–water partition coefficient (Wildman–Crippen LogP) is 0.953. The standard InChI is InChI=1S/C6H7IO4/c1-2-11-6(10)4(7)3-5(8)9/h3H,2H2,1H3,(H,8,9)/b4-3+. The van der Waals surface area contributed by atoms with Crippen LogP contribution >= 0.6 is 22.6 Å². The molecule has 0 radical (unpaired) electrons. The first-order chi connectivity index (χ1) is 5.07. The van der Waals surface area contributed by atoms with Crippen LogP contribution in [0.5, 0.6) is 0 Å². The van der Waals surface area contributed by atoms with Crippen LogP contribution in [0.3, 0.4) is 0 Å². The average Bonchev–Trinajstić information content (AvgIpc) is 1.86. The lowest BCUT2D eigenvalue weighted by Gasteiger charge is -1.97. The maximum Gasteiger partial charge on any atom is 0.344 e. The highest BCUT2D eigenvalue weighted by Crippen LogP contribution is 2.07. The molecule has 0 saturated heterocycles. The highest BCUT2D eigenvalue weighted by molar-refractivity contribution is 14.1. The zero-order valence-corrected chi connectivity index (χ0v) is 7.99. The minimum absolute atomic E-state index is 0.0666. The maximum atomic E-state index is 10.7. The Bertz CT molecular complexity index is 197. The number of hydrogen-bond donors (Lipinski definition) is 1. The Morgan fingerprint density at radius 1 is 1.64 bits per heavy atom. The van der Waals surface area contributed by atoms with E-state index in [1.54, 1.807) is 29.5 Å². The van der Waals surface area contributed by atoms with Crippen LogP contribution in [0.1, 0.15) is 6.92 Å². The van der Waals surface area contributed by atoms with Gasteiger partial charge in [-0.05, 0) is 29.5 Å². The van der Waals surface area contributed by atoms with Crippen molar-refractivity contribution in [3.63, 3.8) is 0 Å². The zero-order chi connectivity index (χ0) is 8.85. The third kappa shape index (κ3) is 4.77. The Balaban J connectivity index is 4.12. The molecule has 0 aromatic heterocycles. The van der Waals surface area contributed by atoms with Crippen LogP contribution in [0, 0.1) is 0 Å². The van der Waals surface area contributed by atoms with Gasteiger partial charge in [-0.2, -0.15) is 0 Å².